The minimum atomic E-state index is -0.901. The highest BCUT2D eigenvalue weighted by molar-refractivity contribution is 5.91. The predicted octanol–water partition coefficient (Wildman–Crippen LogP) is 0.772. The second-order valence-corrected chi connectivity index (χ2v) is 12.0. The van der Waals surface area contributed by atoms with Gasteiger partial charge < -0.3 is 25.3 Å². The number of fused-ring (bicyclic) bond motifs is 3. The van der Waals surface area contributed by atoms with Crippen molar-refractivity contribution < 1.29 is 19.1 Å². The third kappa shape index (κ3) is 4.10. The first kappa shape index (κ1) is 25.1. The summed E-state index contributed by atoms with van der Waals surface area (Å²) in [7, 11) is 1.57. The van der Waals surface area contributed by atoms with Crippen LogP contribution in [0.15, 0.2) is 42.9 Å². The Balaban J connectivity index is 1.32. The van der Waals surface area contributed by atoms with E-state index in [1.807, 2.05) is 35.2 Å². The van der Waals surface area contributed by atoms with Crippen LogP contribution in [-0.2, 0) is 32.3 Å². The topological polar surface area (TPSA) is 120 Å². The summed E-state index contributed by atoms with van der Waals surface area (Å²) in [6.45, 7) is 7.45. The highest BCUT2D eigenvalue weighted by Gasteiger charge is 2.70. The minimum Gasteiger partial charge on any atom is -0.371 e. The molecule has 10 heteroatoms. The Morgan fingerprint density at radius 2 is 1.95 bits per heavy atom. The van der Waals surface area contributed by atoms with Crippen molar-refractivity contribution in [3.8, 4) is 0 Å². The number of rotatable bonds is 6. The number of aromatic amines is 1. The van der Waals surface area contributed by atoms with Crippen LogP contribution < -0.4 is 10.6 Å². The van der Waals surface area contributed by atoms with Gasteiger partial charge in [-0.15, -0.1) is 0 Å². The third-order valence-electron chi connectivity index (χ3n) is 9.28. The van der Waals surface area contributed by atoms with Gasteiger partial charge in [-0.1, -0.05) is 44.2 Å². The van der Waals surface area contributed by atoms with Gasteiger partial charge in [0.1, 0.15) is 6.04 Å². The van der Waals surface area contributed by atoms with Crippen molar-refractivity contribution in [3.63, 3.8) is 0 Å². The second kappa shape index (κ2) is 9.20. The van der Waals surface area contributed by atoms with Crippen molar-refractivity contribution in [2.45, 2.75) is 39.1 Å². The Bertz CT molecular complexity index is 1210. The number of nitrogens with one attached hydrogen (secondary N) is 3. The number of carbonyl (C=O) groups excluding carboxylic acids is 3. The number of benzene rings is 1. The lowest BCUT2D eigenvalue weighted by atomic mass is 9.71. The van der Waals surface area contributed by atoms with Gasteiger partial charge in [0.2, 0.25) is 17.7 Å². The number of ether oxygens (including phenoxy) is 1. The quantitative estimate of drug-likeness (QED) is 0.518. The van der Waals surface area contributed by atoms with E-state index in [1.54, 1.807) is 19.6 Å². The number of likely N-dealkylation sites (N-methyl/N-ethyl adjacent to an activating group) is 1. The molecule has 1 spiro atoms. The Labute approximate surface area is 222 Å². The summed E-state index contributed by atoms with van der Waals surface area (Å²) in [5.74, 6) is -1.13. The van der Waals surface area contributed by atoms with Crippen LogP contribution in [-0.4, -0.2) is 82.9 Å². The first-order valence-corrected chi connectivity index (χ1v) is 13.4. The SMILES string of the molecule is CNC(=O)[C@H]1NC(=O)[C@H]2CN(Cc3cnc[nH]3)CC23CN(C3)C(=O)[C@H]2C([C@H]1OCc1ccccc1)C2(C)C. The lowest BCUT2D eigenvalue weighted by molar-refractivity contribution is -0.151. The molecular weight excluding hydrogens is 484 g/mol. The van der Waals surface area contributed by atoms with Gasteiger partial charge in [0.05, 0.1) is 25.0 Å². The third-order valence-corrected chi connectivity index (χ3v) is 9.28. The van der Waals surface area contributed by atoms with Gasteiger partial charge in [-0.05, 0) is 11.0 Å². The number of nitrogens with zero attached hydrogens (tertiary/aromatic N) is 3. The maximum absolute atomic E-state index is 13.9. The second-order valence-electron chi connectivity index (χ2n) is 12.0. The summed E-state index contributed by atoms with van der Waals surface area (Å²) in [4.78, 5) is 52.4. The van der Waals surface area contributed by atoms with E-state index < -0.39 is 12.1 Å². The van der Waals surface area contributed by atoms with Crippen LogP contribution in [0.4, 0.5) is 0 Å². The number of hydrogen-bond donors (Lipinski definition) is 3. The van der Waals surface area contributed by atoms with E-state index in [4.69, 9.17) is 4.74 Å². The molecule has 5 heterocycles. The van der Waals surface area contributed by atoms with Crippen molar-refractivity contribution in [1.29, 1.82) is 0 Å². The summed E-state index contributed by atoms with van der Waals surface area (Å²) < 4.78 is 6.45. The van der Waals surface area contributed by atoms with Crippen molar-refractivity contribution >= 4 is 17.7 Å². The number of H-pyrrole nitrogens is 1. The van der Waals surface area contributed by atoms with E-state index in [1.165, 1.54) is 0 Å². The number of likely N-dealkylation sites (tertiary alicyclic amines) is 1. The van der Waals surface area contributed by atoms with E-state index >= 15 is 0 Å². The molecule has 2 aromatic rings. The maximum atomic E-state index is 13.9. The molecule has 0 radical (unpaired) electrons. The van der Waals surface area contributed by atoms with E-state index in [0.717, 1.165) is 11.3 Å². The average molecular weight is 521 g/mol. The fraction of sp³-hybridized carbons (Fsp3) is 0.571. The predicted molar refractivity (Wildman–Crippen MR) is 138 cm³/mol. The molecule has 3 amide bonds. The lowest BCUT2D eigenvalue weighted by Crippen LogP contribution is -2.65. The molecule has 10 nitrogen and oxygen atoms in total. The highest BCUT2D eigenvalue weighted by atomic mass is 16.5. The smallest absolute Gasteiger partial charge is 0.245 e. The summed E-state index contributed by atoms with van der Waals surface area (Å²) in [6.07, 6.45) is 2.80. The molecule has 1 saturated carbocycles. The maximum Gasteiger partial charge on any atom is 0.245 e. The zero-order valence-electron chi connectivity index (χ0n) is 22.1. The molecule has 1 unspecified atom stereocenters. The van der Waals surface area contributed by atoms with Crippen molar-refractivity contribution in [2.24, 2.45) is 28.6 Å². The van der Waals surface area contributed by atoms with Crippen LogP contribution in [0.3, 0.4) is 0 Å². The monoisotopic (exact) mass is 520 g/mol. The van der Waals surface area contributed by atoms with Gasteiger partial charge in [0.25, 0.3) is 0 Å². The van der Waals surface area contributed by atoms with Gasteiger partial charge in [-0.3, -0.25) is 19.3 Å². The van der Waals surface area contributed by atoms with Crippen LogP contribution in [0.5, 0.6) is 0 Å². The van der Waals surface area contributed by atoms with Crippen LogP contribution in [0, 0.1) is 28.6 Å². The first-order valence-electron chi connectivity index (χ1n) is 13.4. The molecule has 3 N–H and O–H groups in total. The Kier molecular flexibility index (Phi) is 6.07. The summed E-state index contributed by atoms with van der Waals surface area (Å²) in [5.41, 5.74) is 1.28. The van der Waals surface area contributed by atoms with Gasteiger partial charge >= 0.3 is 0 Å². The molecule has 7 rings (SSSR count). The van der Waals surface area contributed by atoms with Crippen molar-refractivity contribution in [2.75, 3.05) is 33.2 Å². The minimum absolute atomic E-state index is 0.106. The summed E-state index contributed by atoms with van der Waals surface area (Å²) >= 11 is 0. The van der Waals surface area contributed by atoms with Gasteiger partial charge in [-0.25, -0.2) is 4.98 Å². The number of imidazole rings is 1. The van der Waals surface area contributed by atoms with E-state index in [9.17, 15) is 14.4 Å². The standard InChI is InChI=1S/C28H36N6O4/c1-27(2)20-21(27)26(37)34-14-28(15-34)13-33(10-18-9-30-16-31-18)11-19(28)24(35)32-22(25(36)29-3)23(20)38-12-17-7-5-4-6-8-17/h4-9,16,19-23H,10-15H2,1-3H3,(H,29,36)(H,30,31)(H,32,35)/t19-,20?,21-,22+,23-/m1/s1. The molecule has 4 saturated heterocycles. The molecule has 1 aromatic heterocycles. The molecular formula is C28H36N6O4. The molecule has 38 heavy (non-hydrogen) atoms. The van der Waals surface area contributed by atoms with E-state index in [-0.39, 0.29) is 52.9 Å². The summed E-state index contributed by atoms with van der Waals surface area (Å²) in [5, 5.41) is 5.84. The largest absolute Gasteiger partial charge is 0.371 e. The van der Waals surface area contributed by atoms with Crippen LogP contribution in [0.25, 0.3) is 0 Å². The van der Waals surface area contributed by atoms with Gasteiger partial charge in [0, 0.05) is 68.9 Å². The first-order chi connectivity index (χ1) is 18.2. The average Bonchev–Trinajstić information content (AvgIpc) is 3.24. The van der Waals surface area contributed by atoms with E-state index in [0.29, 0.717) is 32.7 Å². The normalized spacial score (nSPS) is 31.3. The van der Waals surface area contributed by atoms with Crippen molar-refractivity contribution in [1.82, 2.24) is 30.4 Å². The van der Waals surface area contributed by atoms with Crippen molar-refractivity contribution in [3.05, 3.63) is 54.1 Å². The number of aromatic nitrogens is 2. The number of amides is 3. The van der Waals surface area contributed by atoms with Crippen LogP contribution >= 0.6 is 0 Å². The Hall–Kier alpha value is -3.24. The zero-order chi connectivity index (χ0) is 26.7. The summed E-state index contributed by atoms with van der Waals surface area (Å²) in [6, 6.07) is 8.86. The lowest BCUT2D eigenvalue weighted by Gasteiger charge is -2.50. The molecule has 5 fully saturated rings. The van der Waals surface area contributed by atoms with Crippen LogP contribution in [0.2, 0.25) is 0 Å². The van der Waals surface area contributed by atoms with Crippen LogP contribution in [0.1, 0.15) is 25.1 Å². The number of hydrogen-bond acceptors (Lipinski definition) is 6. The van der Waals surface area contributed by atoms with E-state index in [2.05, 4.69) is 39.3 Å². The molecule has 4 aliphatic heterocycles. The van der Waals surface area contributed by atoms with Gasteiger partial charge in [-0.2, -0.15) is 0 Å². The molecule has 5 aliphatic rings. The Morgan fingerprint density at radius 1 is 1.18 bits per heavy atom. The molecule has 1 aromatic carbocycles. The molecule has 5 atom stereocenters. The molecule has 1 aliphatic carbocycles. The highest BCUT2D eigenvalue weighted by Crippen LogP contribution is 2.63. The number of carbonyl (C=O) groups is 3. The molecule has 2 bridgehead atoms. The van der Waals surface area contributed by atoms with Gasteiger partial charge in [0.15, 0.2) is 0 Å². The fourth-order valence-electron chi connectivity index (χ4n) is 7.19. The fourth-order valence-corrected chi connectivity index (χ4v) is 7.19. The Morgan fingerprint density at radius 3 is 2.63 bits per heavy atom. The zero-order valence-corrected chi connectivity index (χ0v) is 22.1. The molecule has 202 valence electrons.